The molecule has 2 aromatic heterocycles. The Morgan fingerprint density at radius 2 is 2.48 bits per heavy atom. The minimum absolute atomic E-state index is 0.0548. The van der Waals surface area contributed by atoms with Gasteiger partial charge in [0.15, 0.2) is 12.2 Å². The molecule has 0 fully saturated rings. The van der Waals surface area contributed by atoms with E-state index in [4.69, 9.17) is 9.15 Å². The van der Waals surface area contributed by atoms with Gasteiger partial charge in [0.1, 0.15) is 12.3 Å². The molecular formula is C14H18N4O3. The summed E-state index contributed by atoms with van der Waals surface area (Å²) in [5, 5.41) is 6.31. The molecular weight excluding hydrogens is 272 g/mol. The monoisotopic (exact) mass is 290 g/mol. The number of hydrogen-bond acceptors (Lipinski definition) is 5. The lowest BCUT2D eigenvalue weighted by atomic mass is 10.1. The first-order valence-corrected chi connectivity index (χ1v) is 6.88. The smallest absolute Gasteiger partial charge is 0.268 e. The minimum Gasteiger partial charge on any atom is -0.446 e. The molecule has 0 radical (unpaired) electrons. The summed E-state index contributed by atoms with van der Waals surface area (Å²) in [6.07, 6.45) is 4.04. The highest BCUT2D eigenvalue weighted by Gasteiger charge is 2.24. The summed E-state index contributed by atoms with van der Waals surface area (Å²) >= 11 is 0. The Kier molecular flexibility index (Phi) is 4.03. The lowest BCUT2D eigenvalue weighted by Crippen LogP contribution is -2.24. The van der Waals surface area contributed by atoms with E-state index in [1.807, 2.05) is 6.07 Å². The highest BCUT2D eigenvalue weighted by atomic mass is 16.5. The zero-order valence-electron chi connectivity index (χ0n) is 11.8. The second-order valence-electron chi connectivity index (χ2n) is 4.94. The van der Waals surface area contributed by atoms with Crippen molar-refractivity contribution < 1.29 is 13.9 Å². The van der Waals surface area contributed by atoms with E-state index < -0.39 is 0 Å². The van der Waals surface area contributed by atoms with Crippen LogP contribution in [0.2, 0.25) is 0 Å². The summed E-state index contributed by atoms with van der Waals surface area (Å²) in [5.74, 6) is 0.669. The maximum Gasteiger partial charge on any atom is 0.268 e. The molecule has 112 valence electrons. The largest absolute Gasteiger partial charge is 0.446 e. The number of ether oxygens (including phenoxy) is 1. The number of methoxy groups -OCH3 is 1. The summed E-state index contributed by atoms with van der Waals surface area (Å²) in [6, 6.07) is 2.04. The molecule has 3 rings (SSSR count). The molecule has 0 saturated carbocycles. The van der Waals surface area contributed by atoms with Crippen molar-refractivity contribution in [2.45, 2.75) is 25.6 Å². The molecule has 0 aliphatic carbocycles. The Hall–Kier alpha value is -2.12. The molecule has 2 aromatic rings. The van der Waals surface area contributed by atoms with Gasteiger partial charge in [0.2, 0.25) is 0 Å². The number of carbonyl (C=O) groups is 1. The topological polar surface area (TPSA) is 92.2 Å². The van der Waals surface area contributed by atoms with E-state index in [-0.39, 0.29) is 11.9 Å². The summed E-state index contributed by atoms with van der Waals surface area (Å²) in [4.78, 5) is 19.1. The van der Waals surface area contributed by atoms with Gasteiger partial charge in [-0.3, -0.25) is 4.79 Å². The predicted molar refractivity (Wildman–Crippen MR) is 74.5 cm³/mol. The molecule has 0 aromatic carbocycles. The number of aromatic nitrogens is 2. The Bertz CT molecular complexity index is 619. The van der Waals surface area contributed by atoms with E-state index in [9.17, 15) is 4.79 Å². The zero-order chi connectivity index (χ0) is 14.7. The lowest BCUT2D eigenvalue weighted by Gasteiger charge is -2.16. The number of fused-ring (bicyclic) bond motifs is 1. The number of nitrogens with one attached hydrogen (secondary N) is 3. The molecule has 7 heteroatoms. The maximum absolute atomic E-state index is 11.9. The Balaban J connectivity index is 1.72. The molecule has 1 aliphatic rings. The molecule has 1 amide bonds. The predicted octanol–water partition coefficient (Wildman–Crippen LogP) is 1.11. The van der Waals surface area contributed by atoms with Gasteiger partial charge in [-0.1, -0.05) is 0 Å². The normalized spacial score (nSPS) is 18.1. The van der Waals surface area contributed by atoms with E-state index in [0.29, 0.717) is 25.4 Å². The molecule has 0 bridgehead atoms. The average Bonchev–Trinajstić information content (AvgIpc) is 3.09. The van der Waals surface area contributed by atoms with E-state index in [0.717, 1.165) is 23.4 Å². The number of amides is 1. The van der Waals surface area contributed by atoms with E-state index >= 15 is 0 Å². The third-order valence-corrected chi connectivity index (χ3v) is 3.62. The molecule has 1 unspecified atom stereocenters. The van der Waals surface area contributed by atoms with Crippen LogP contribution in [-0.2, 0) is 17.9 Å². The van der Waals surface area contributed by atoms with Crippen molar-refractivity contribution in [2.24, 2.45) is 0 Å². The average molecular weight is 290 g/mol. The Morgan fingerprint density at radius 3 is 3.33 bits per heavy atom. The fraction of sp³-hybridized carbons (Fsp3) is 0.429. The fourth-order valence-corrected chi connectivity index (χ4v) is 2.56. The standard InChI is InChI=1S/C14H18N4O3/c1-20-7-12-11(18-8-21-12)6-17-10-3-5-16-14(19)13-9(10)2-4-15-13/h2,4,8,10,15,17H,3,5-7H2,1H3,(H,16,19). The van der Waals surface area contributed by atoms with Crippen LogP contribution < -0.4 is 10.6 Å². The van der Waals surface area contributed by atoms with Crippen molar-refractivity contribution in [1.29, 1.82) is 0 Å². The summed E-state index contributed by atoms with van der Waals surface area (Å²) in [5.41, 5.74) is 2.45. The molecule has 1 atom stereocenters. The molecule has 3 heterocycles. The van der Waals surface area contributed by atoms with Crippen molar-refractivity contribution in [1.82, 2.24) is 20.6 Å². The zero-order valence-corrected chi connectivity index (χ0v) is 11.8. The van der Waals surface area contributed by atoms with Crippen LogP contribution in [0, 0.1) is 0 Å². The molecule has 7 nitrogen and oxygen atoms in total. The van der Waals surface area contributed by atoms with Crippen molar-refractivity contribution in [3.8, 4) is 0 Å². The summed E-state index contributed by atoms with van der Waals surface area (Å²) in [7, 11) is 1.62. The third kappa shape index (κ3) is 2.84. The third-order valence-electron chi connectivity index (χ3n) is 3.62. The van der Waals surface area contributed by atoms with Gasteiger partial charge in [-0.2, -0.15) is 0 Å². The number of rotatable bonds is 5. The van der Waals surface area contributed by atoms with E-state index in [1.165, 1.54) is 6.39 Å². The van der Waals surface area contributed by atoms with Gasteiger partial charge in [-0.15, -0.1) is 0 Å². The van der Waals surface area contributed by atoms with Gasteiger partial charge >= 0.3 is 0 Å². The van der Waals surface area contributed by atoms with Crippen LogP contribution in [0.3, 0.4) is 0 Å². The van der Waals surface area contributed by atoms with Gasteiger partial charge in [-0.05, 0) is 18.1 Å². The number of aromatic amines is 1. The summed E-state index contributed by atoms with van der Waals surface area (Å²) < 4.78 is 10.4. The molecule has 0 spiro atoms. The van der Waals surface area contributed by atoms with Gasteiger partial charge < -0.3 is 24.8 Å². The molecule has 1 aliphatic heterocycles. The first kappa shape index (κ1) is 13.8. The van der Waals surface area contributed by atoms with E-state index in [2.05, 4.69) is 20.6 Å². The van der Waals surface area contributed by atoms with Crippen molar-refractivity contribution in [3.05, 3.63) is 41.4 Å². The van der Waals surface area contributed by atoms with Gasteiger partial charge in [0.25, 0.3) is 5.91 Å². The SMILES string of the molecule is COCc1ocnc1CNC1CCNC(=O)c2[nH]ccc21. The highest BCUT2D eigenvalue weighted by molar-refractivity contribution is 5.94. The van der Waals surface area contributed by atoms with Crippen LogP contribution in [0.25, 0.3) is 0 Å². The molecule has 21 heavy (non-hydrogen) atoms. The minimum atomic E-state index is -0.0548. The second kappa shape index (κ2) is 6.11. The van der Waals surface area contributed by atoms with Crippen LogP contribution in [-0.4, -0.2) is 29.5 Å². The van der Waals surface area contributed by atoms with Crippen molar-refractivity contribution in [3.63, 3.8) is 0 Å². The van der Waals surface area contributed by atoms with E-state index in [1.54, 1.807) is 13.3 Å². The number of oxazole rings is 1. The van der Waals surface area contributed by atoms with Crippen LogP contribution in [0.5, 0.6) is 0 Å². The first-order valence-electron chi connectivity index (χ1n) is 6.88. The lowest BCUT2D eigenvalue weighted by molar-refractivity contribution is 0.0951. The van der Waals surface area contributed by atoms with Crippen LogP contribution in [0.1, 0.15) is 40.0 Å². The second-order valence-corrected chi connectivity index (χ2v) is 4.94. The molecule has 0 saturated heterocycles. The van der Waals surface area contributed by atoms with Crippen LogP contribution in [0.4, 0.5) is 0 Å². The van der Waals surface area contributed by atoms with Crippen LogP contribution in [0.15, 0.2) is 23.1 Å². The van der Waals surface area contributed by atoms with Gasteiger partial charge in [0, 0.05) is 32.4 Å². The number of hydrogen-bond donors (Lipinski definition) is 3. The van der Waals surface area contributed by atoms with Crippen LogP contribution >= 0.6 is 0 Å². The van der Waals surface area contributed by atoms with Crippen molar-refractivity contribution in [2.75, 3.05) is 13.7 Å². The fourth-order valence-electron chi connectivity index (χ4n) is 2.56. The Morgan fingerprint density at radius 1 is 1.57 bits per heavy atom. The van der Waals surface area contributed by atoms with Crippen molar-refractivity contribution >= 4 is 5.91 Å². The van der Waals surface area contributed by atoms with Gasteiger partial charge in [0.05, 0.1) is 5.69 Å². The first-order chi connectivity index (χ1) is 10.3. The number of H-pyrrole nitrogens is 1. The summed E-state index contributed by atoms with van der Waals surface area (Å²) in [6.45, 7) is 1.61. The number of nitrogens with zero attached hydrogens (tertiary/aromatic N) is 1. The Labute approximate surface area is 122 Å². The number of carbonyl (C=O) groups excluding carboxylic acids is 1. The highest BCUT2D eigenvalue weighted by Crippen LogP contribution is 2.23. The van der Waals surface area contributed by atoms with Gasteiger partial charge in [-0.25, -0.2) is 4.98 Å². The maximum atomic E-state index is 11.9. The quantitative estimate of drug-likeness (QED) is 0.767. The molecule has 3 N–H and O–H groups in total.